The highest BCUT2D eigenvalue weighted by Gasteiger charge is 2.02. The molecule has 22 heavy (non-hydrogen) atoms. The van der Waals surface area contributed by atoms with Crippen LogP contribution in [-0.4, -0.2) is 20.2 Å². The normalized spacial score (nSPS) is 10.5. The van der Waals surface area contributed by atoms with Crippen molar-refractivity contribution in [1.29, 1.82) is 0 Å². The molecule has 0 saturated heterocycles. The molecule has 0 saturated carbocycles. The fraction of sp³-hybridized carbons (Fsp3) is 0.118. The van der Waals surface area contributed by atoms with Crippen LogP contribution >= 0.6 is 15.9 Å². The largest absolute Gasteiger partial charge is 0.497 e. The molecule has 0 aliphatic carbocycles. The summed E-state index contributed by atoms with van der Waals surface area (Å²) in [6.07, 6.45) is 3.05. The number of benzene rings is 2. The Morgan fingerprint density at radius 1 is 1.00 bits per heavy atom. The highest BCUT2D eigenvalue weighted by atomic mass is 79.9. The van der Waals surface area contributed by atoms with Crippen molar-refractivity contribution >= 4 is 28.0 Å². The molecule has 2 aromatic carbocycles. The van der Waals surface area contributed by atoms with Gasteiger partial charge in [-0.1, -0.05) is 6.07 Å². The molecule has 2 rings (SSSR count). The van der Waals surface area contributed by atoms with Crippen molar-refractivity contribution in [2.45, 2.75) is 0 Å². The SMILES string of the molecule is COc1ccc(OC(=O)/C=C/c2ccc(OC)c(Br)c2)cc1. The Labute approximate surface area is 137 Å². The Morgan fingerprint density at radius 3 is 2.27 bits per heavy atom. The van der Waals surface area contributed by atoms with Crippen molar-refractivity contribution in [3.63, 3.8) is 0 Å². The van der Waals surface area contributed by atoms with Crippen LogP contribution < -0.4 is 14.2 Å². The molecule has 0 unspecified atom stereocenters. The van der Waals surface area contributed by atoms with Crippen molar-refractivity contribution in [2.75, 3.05) is 14.2 Å². The average Bonchev–Trinajstić information content (AvgIpc) is 2.54. The number of carbonyl (C=O) groups is 1. The first-order valence-corrected chi connectivity index (χ1v) is 7.29. The van der Waals surface area contributed by atoms with Crippen LogP contribution in [0, 0.1) is 0 Å². The van der Waals surface area contributed by atoms with Gasteiger partial charge in [-0.15, -0.1) is 0 Å². The monoisotopic (exact) mass is 362 g/mol. The maximum atomic E-state index is 11.8. The van der Waals surface area contributed by atoms with Gasteiger partial charge in [0.2, 0.25) is 0 Å². The lowest BCUT2D eigenvalue weighted by Crippen LogP contribution is -2.03. The molecule has 0 bridgehead atoms. The van der Waals surface area contributed by atoms with Crippen molar-refractivity contribution in [3.05, 3.63) is 58.6 Å². The Balaban J connectivity index is 1.99. The smallest absolute Gasteiger partial charge is 0.336 e. The summed E-state index contributed by atoms with van der Waals surface area (Å²) in [5.41, 5.74) is 0.861. The number of ether oxygens (including phenoxy) is 3. The molecule has 2 aromatic rings. The van der Waals surface area contributed by atoms with Crippen LogP contribution in [0.1, 0.15) is 5.56 Å². The standard InChI is InChI=1S/C17H15BrO4/c1-20-13-5-7-14(8-6-13)22-17(19)10-4-12-3-9-16(21-2)15(18)11-12/h3-11H,1-2H3/b10-4+. The van der Waals surface area contributed by atoms with E-state index in [-0.39, 0.29) is 0 Å². The van der Waals surface area contributed by atoms with Gasteiger partial charge in [0.25, 0.3) is 0 Å². The van der Waals surface area contributed by atoms with Crippen LogP contribution in [0.3, 0.4) is 0 Å². The minimum Gasteiger partial charge on any atom is -0.497 e. The van der Waals surface area contributed by atoms with Crippen molar-refractivity contribution in [1.82, 2.24) is 0 Å². The summed E-state index contributed by atoms with van der Waals surface area (Å²) < 4.78 is 16.2. The second-order valence-electron chi connectivity index (χ2n) is 4.32. The molecule has 0 fully saturated rings. The predicted molar refractivity (Wildman–Crippen MR) is 88.4 cm³/mol. The summed E-state index contributed by atoms with van der Waals surface area (Å²) >= 11 is 3.39. The Bertz CT molecular complexity index is 678. The van der Waals surface area contributed by atoms with Gasteiger partial charge in [0.1, 0.15) is 17.2 Å². The first-order chi connectivity index (χ1) is 10.6. The topological polar surface area (TPSA) is 44.8 Å². The fourth-order valence-electron chi connectivity index (χ4n) is 1.74. The lowest BCUT2D eigenvalue weighted by Gasteiger charge is -2.04. The van der Waals surface area contributed by atoms with Crippen LogP contribution in [-0.2, 0) is 4.79 Å². The van der Waals surface area contributed by atoms with E-state index in [0.29, 0.717) is 11.5 Å². The molecule has 0 amide bonds. The predicted octanol–water partition coefficient (Wildman–Crippen LogP) is 4.09. The molecule has 0 aliphatic heterocycles. The van der Waals surface area contributed by atoms with Crippen LogP contribution in [0.25, 0.3) is 6.08 Å². The zero-order chi connectivity index (χ0) is 15.9. The van der Waals surface area contributed by atoms with E-state index in [9.17, 15) is 4.79 Å². The minimum absolute atomic E-state index is 0.447. The van der Waals surface area contributed by atoms with E-state index in [2.05, 4.69) is 15.9 Å². The molecule has 0 atom stereocenters. The fourth-order valence-corrected chi connectivity index (χ4v) is 2.30. The summed E-state index contributed by atoms with van der Waals surface area (Å²) in [5, 5.41) is 0. The number of methoxy groups -OCH3 is 2. The summed E-state index contributed by atoms with van der Waals surface area (Å²) in [5.74, 6) is 1.46. The Morgan fingerprint density at radius 2 is 1.68 bits per heavy atom. The first-order valence-electron chi connectivity index (χ1n) is 6.50. The quantitative estimate of drug-likeness (QED) is 0.456. The van der Waals surface area contributed by atoms with Crippen LogP contribution in [0.5, 0.6) is 17.2 Å². The maximum absolute atomic E-state index is 11.8. The van der Waals surface area contributed by atoms with Gasteiger partial charge in [-0.2, -0.15) is 0 Å². The van der Waals surface area contributed by atoms with Crippen LogP contribution in [0.2, 0.25) is 0 Å². The first kappa shape index (κ1) is 16.1. The Hall–Kier alpha value is -2.27. The van der Waals surface area contributed by atoms with Crippen molar-refractivity contribution in [2.24, 2.45) is 0 Å². The van der Waals surface area contributed by atoms with Gasteiger partial charge in [0.15, 0.2) is 0 Å². The van der Waals surface area contributed by atoms with Gasteiger partial charge in [-0.05, 0) is 64.0 Å². The zero-order valence-corrected chi connectivity index (χ0v) is 13.8. The minimum atomic E-state index is -0.447. The molecular formula is C17H15BrO4. The van der Waals surface area contributed by atoms with Crippen molar-refractivity contribution in [3.8, 4) is 17.2 Å². The molecule has 0 spiro atoms. The van der Waals surface area contributed by atoms with Gasteiger partial charge in [0, 0.05) is 6.08 Å². The summed E-state index contributed by atoms with van der Waals surface area (Å²) in [6.45, 7) is 0. The average molecular weight is 363 g/mol. The van der Waals surface area contributed by atoms with Crippen LogP contribution in [0.15, 0.2) is 53.0 Å². The zero-order valence-electron chi connectivity index (χ0n) is 12.2. The van der Waals surface area contributed by atoms with Gasteiger partial charge in [-0.3, -0.25) is 0 Å². The second-order valence-corrected chi connectivity index (χ2v) is 5.18. The second kappa shape index (κ2) is 7.66. The number of hydrogen-bond acceptors (Lipinski definition) is 4. The van der Waals surface area contributed by atoms with E-state index in [0.717, 1.165) is 15.8 Å². The number of rotatable bonds is 5. The molecule has 0 heterocycles. The van der Waals surface area contributed by atoms with E-state index >= 15 is 0 Å². The van der Waals surface area contributed by atoms with Crippen molar-refractivity contribution < 1.29 is 19.0 Å². The lowest BCUT2D eigenvalue weighted by atomic mass is 10.2. The molecule has 0 radical (unpaired) electrons. The van der Waals surface area contributed by atoms with Gasteiger partial charge >= 0.3 is 5.97 Å². The third-order valence-corrected chi connectivity index (χ3v) is 3.49. The number of hydrogen-bond donors (Lipinski definition) is 0. The molecule has 114 valence electrons. The summed E-state index contributed by atoms with van der Waals surface area (Å²) in [4.78, 5) is 11.8. The van der Waals surface area contributed by atoms with Crippen LogP contribution in [0.4, 0.5) is 0 Å². The molecule has 0 aliphatic rings. The molecular weight excluding hydrogens is 348 g/mol. The van der Waals surface area contributed by atoms with Gasteiger partial charge in [-0.25, -0.2) is 4.79 Å². The summed E-state index contributed by atoms with van der Waals surface area (Å²) in [7, 11) is 3.18. The maximum Gasteiger partial charge on any atom is 0.336 e. The highest BCUT2D eigenvalue weighted by Crippen LogP contribution is 2.26. The number of halogens is 1. The van der Waals surface area contributed by atoms with E-state index in [1.54, 1.807) is 44.6 Å². The van der Waals surface area contributed by atoms with Gasteiger partial charge in [0.05, 0.1) is 18.7 Å². The van der Waals surface area contributed by atoms with E-state index in [4.69, 9.17) is 14.2 Å². The number of carbonyl (C=O) groups excluding carboxylic acids is 1. The Kier molecular flexibility index (Phi) is 5.61. The number of esters is 1. The van der Waals surface area contributed by atoms with E-state index in [1.807, 2.05) is 18.2 Å². The summed E-state index contributed by atoms with van der Waals surface area (Å²) in [6, 6.07) is 12.3. The molecule has 0 aromatic heterocycles. The molecule has 0 N–H and O–H groups in total. The molecule has 5 heteroatoms. The van der Waals surface area contributed by atoms with E-state index < -0.39 is 5.97 Å². The molecule has 4 nitrogen and oxygen atoms in total. The van der Waals surface area contributed by atoms with E-state index in [1.165, 1.54) is 6.08 Å². The van der Waals surface area contributed by atoms with Gasteiger partial charge < -0.3 is 14.2 Å². The lowest BCUT2D eigenvalue weighted by molar-refractivity contribution is -0.128. The third-order valence-electron chi connectivity index (χ3n) is 2.87. The highest BCUT2D eigenvalue weighted by molar-refractivity contribution is 9.10. The third kappa shape index (κ3) is 4.36.